The number of hydrogen-bond donors (Lipinski definition) is 2. The van der Waals surface area contributed by atoms with E-state index in [4.69, 9.17) is 5.73 Å². The van der Waals surface area contributed by atoms with Crippen LogP contribution >= 0.6 is 0 Å². The highest BCUT2D eigenvalue weighted by Crippen LogP contribution is 2.37. The zero-order valence-corrected chi connectivity index (χ0v) is 12.8. The fourth-order valence-electron chi connectivity index (χ4n) is 2.13. The number of nitrogens with two attached hydrogens (primary N) is 1. The Hall–Kier alpha value is -0.910. The van der Waals surface area contributed by atoms with E-state index in [0.717, 1.165) is 5.56 Å². The molecule has 4 nitrogen and oxygen atoms in total. The first kappa shape index (κ1) is 16.1. The number of hydrogen-bond acceptors (Lipinski definition) is 4. The Labute approximate surface area is 115 Å². The molecule has 5 heteroatoms. The van der Waals surface area contributed by atoms with Gasteiger partial charge in [-0.2, -0.15) is 0 Å². The lowest BCUT2D eigenvalue weighted by molar-refractivity contribution is 0.190. The summed E-state index contributed by atoms with van der Waals surface area (Å²) < 4.78 is 22.9. The summed E-state index contributed by atoms with van der Waals surface area (Å²) in [6.07, 6.45) is 1.70. The van der Waals surface area contributed by atoms with Crippen LogP contribution in [0.15, 0.2) is 29.2 Å². The van der Waals surface area contributed by atoms with Gasteiger partial charge in [0.2, 0.25) is 0 Å². The molecule has 0 aromatic heterocycles. The molecule has 1 unspecified atom stereocenters. The molecule has 0 aliphatic heterocycles. The van der Waals surface area contributed by atoms with Gasteiger partial charge < -0.3 is 10.8 Å². The van der Waals surface area contributed by atoms with Gasteiger partial charge in [0.05, 0.1) is 4.90 Å². The van der Waals surface area contributed by atoms with Crippen LogP contribution in [-0.4, -0.2) is 31.9 Å². The second kappa shape index (κ2) is 5.23. The normalized spacial score (nSPS) is 16.1. The van der Waals surface area contributed by atoms with Crippen molar-refractivity contribution in [1.82, 2.24) is 0 Å². The molecule has 0 saturated heterocycles. The van der Waals surface area contributed by atoms with Gasteiger partial charge in [-0.1, -0.05) is 19.1 Å². The topological polar surface area (TPSA) is 80.4 Å². The van der Waals surface area contributed by atoms with Crippen molar-refractivity contribution in [2.24, 2.45) is 5.73 Å². The molecular formula is C14H23NO3S. The molecule has 108 valence electrons. The predicted octanol–water partition coefficient (Wildman–Crippen LogP) is 1.47. The van der Waals surface area contributed by atoms with Crippen molar-refractivity contribution in [2.75, 3.05) is 12.9 Å². The summed E-state index contributed by atoms with van der Waals surface area (Å²) in [6.45, 7) is 5.84. The van der Waals surface area contributed by atoms with E-state index < -0.39 is 20.8 Å². The fraction of sp³-hybridized carbons (Fsp3) is 0.571. The Balaban J connectivity index is 3.27. The molecule has 0 aliphatic rings. The van der Waals surface area contributed by atoms with Crippen molar-refractivity contribution in [3.05, 3.63) is 29.8 Å². The molecule has 0 radical (unpaired) electrons. The highest BCUT2D eigenvalue weighted by molar-refractivity contribution is 7.90. The van der Waals surface area contributed by atoms with Crippen molar-refractivity contribution in [3.8, 4) is 0 Å². The van der Waals surface area contributed by atoms with Crippen LogP contribution in [0, 0.1) is 0 Å². The van der Waals surface area contributed by atoms with Gasteiger partial charge in [0.1, 0.15) is 0 Å². The van der Waals surface area contributed by atoms with Crippen molar-refractivity contribution in [3.63, 3.8) is 0 Å². The van der Waals surface area contributed by atoms with Gasteiger partial charge >= 0.3 is 0 Å². The Bertz CT molecular complexity index is 529. The van der Waals surface area contributed by atoms with Gasteiger partial charge in [0.25, 0.3) is 0 Å². The number of benzene rings is 1. The lowest BCUT2D eigenvalue weighted by Crippen LogP contribution is -2.52. The van der Waals surface area contributed by atoms with Crippen LogP contribution < -0.4 is 5.73 Å². The quantitative estimate of drug-likeness (QED) is 0.858. The summed E-state index contributed by atoms with van der Waals surface area (Å²) in [5.74, 6) is 0. The van der Waals surface area contributed by atoms with Crippen LogP contribution in [0.1, 0.15) is 32.8 Å². The SMILES string of the molecule is CC(C)(N)C(C)(CCO)c1ccc(S(C)(=O)=O)cc1. The highest BCUT2D eigenvalue weighted by atomic mass is 32.2. The largest absolute Gasteiger partial charge is 0.396 e. The maximum atomic E-state index is 11.5. The summed E-state index contributed by atoms with van der Waals surface area (Å²) in [4.78, 5) is 0.289. The van der Waals surface area contributed by atoms with E-state index in [-0.39, 0.29) is 11.5 Å². The minimum atomic E-state index is -3.19. The molecule has 0 fully saturated rings. The number of rotatable bonds is 5. The van der Waals surface area contributed by atoms with E-state index in [1.807, 2.05) is 20.8 Å². The maximum Gasteiger partial charge on any atom is 0.175 e. The van der Waals surface area contributed by atoms with Crippen LogP contribution in [0.25, 0.3) is 0 Å². The van der Waals surface area contributed by atoms with Crippen molar-refractivity contribution in [1.29, 1.82) is 0 Å². The molecule has 3 N–H and O–H groups in total. The molecule has 1 rings (SSSR count). The first-order valence-corrected chi connectivity index (χ1v) is 8.12. The van der Waals surface area contributed by atoms with Gasteiger partial charge in [-0.15, -0.1) is 0 Å². The Morgan fingerprint density at radius 2 is 1.63 bits per heavy atom. The molecule has 0 spiro atoms. The second-order valence-electron chi connectivity index (χ2n) is 5.82. The average Bonchev–Trinajstić information content (AvgIpc) is 2.27. The summed E-state index contributed by atoms with van der Waals surface area (Å²) >= 11 is 0. The van der Waals surface area contributed by atoms with Gasteiger partial charge in [-0.3, -0.25) is 0 Å². The van der Waals surface area contributed by atoms with Crippen LogP contribution in [-0.2, 0) is 15.3 Å². The molecule has 1 atom stereocenters. The van der Waals surface area contributed by atoms with Crippen LogP contribution in [0.4, 0.5) is 0 Å². The Morgan fingerprint density at radius 1 is 1.16 bits per heavy atom. The van der Waals surface area contributed by atoms with E-state index in [0.29, 0.717) is 6.42 Å². The van der Waals surface area contributed by atoms with E-state index in [9.17, 15) is 13.5 Å². The lowest BCUT2D eigenvalue weighted by atomic mass is 9.67. The van der Waals surface area contributed by atoms with Gasteiger partial charge in [-0.25, -0.2) is 8.42 Å². The molecule has 0 bridgehead atoms. The molecule has 0 heterocycles. The second-order valence-corrected chi connectivity index (χ2v) is 7.84. The van der Waals surface area contributed by atoms with Crippen molar-refractivity contribution >= 4 is 9.84 Å². The lowest BCUT2D eigenvalue weighted by Gasteiger charge is -2.42. The van der Waals surface area contributed by atoms with E-state index in [1.54, 1.807) is 24.3 Å². The molecular weight excluding hydrogens is 262 g/mol. The van der Waals surface area contributed by atoms with Gasteiger partial charge in [0.15, 0.2) is 9.84 Å². The monoisotopic (exact) mass is 285 g/mol. The zero-order chi connectivity index (χ0) is 14.9. The molecule has 0 amide bonds. The summed E-state index contributed by atoms with van der Waals surface area (Å²) in [5.41, 5.74) is 6.21. The van der Waals surface area contributed by atoms with Gasteiger partial charge in [0, 0.05) is 23.8 Å². The first-order chi connectivity index (χ1) is 8.52. The minimum Gasteiger partial charge on any atom is -0.396 e. The molecule has 1 aromatic carbocycles. The standard InChI is InChI=1S/C14H23NO3S/c1-13(2,15)14(3,9-10-16)11-5-7-12(8-6-11)19(4,17)18/h5-8,16H,9-10,15H2,1-4H3. The zero-order valence-electron chi connectivity index (χ0n) is 12.0. The van der Waals surface area contributed by atoms with Crippen LogP contribution in [0.3, 0.4) is 0 Å². The Kier molecular flexibility index (Phi) is 4.44. The average molecular weight is 285 g/mol. The Morgan fingerprint density at radius 3 is 1.95 bits per heavy atom. The van der Waals surface area contributed by atoms with Crippen LogP contribution in [0.5, 0.6) is 0 Å². The summed E-state index contributed by atoms with van der Waals surface area (Å²) in [5, 5.41) is 9.26. The highest BCUT2D eigenvalue weighted by Gasteiger charge is 2.39. The molecule has 19 heavy (non-hydrogen) atoms. The number of sulfone groups is 1. The van der Waals surface area contributed by atoms with E-state index >= 15 is 0 Å². The minimum absolute atomic E-state index is 0.0327. The smallest absolute Gasteiger partial charge is 0.175 e. The summed E-state index contributed by atoms with van der Waals surface area (Å²) in [6, 6.07) is 6.74. The van der Waals surface area contributed by atoms with Crippen LogP contribution in [0.2, 0.25) is 0 Å². The van der Waals surface area contributed by atoms with E-state index in [2.05, 4.69) is 0 Å². The maximum absolute atomic E-state index is 11.5. The number of aliphatic hydroxyl groups excluding tert-OH is 1. The van der Waals surface area contributed by atoms with E-state index in [1.165, 1.54) is 6.26 Å². The third-order valence-electron chi connectivity index (χ3n) is 3.95. The third kappa shape index (κ3) is 3.35. The summed E-state index contributed by atoms with van der Waals surface area (Å²) in [7, 11) is -3.19. The molecule has 0 aliphatic carbocycles. The third-order valence-corrected chi connectivity index (χ3v) is 5.08. The first-order valence-electron chi connectivity index (χ1n) is 6.23. The molecule has 1 aromatic rings. The fourth-order valence-corrected chi connectivity index (χ4v) is 2.76. The van der Waals surface area contributed by atoms with Gasteiger partial charge in [-0.05, 0) is 38.0 Å². The van der Waals surface area contributed by atoms with Crippen molar-refractivity contribution in [2.45, 2.75) is 43.0 Å². The predicted molar refractivity (Wildman–Crippen MR) is 76.9 cm³/mol. The van der Waals surface area contributed by atoms with Crippen molar-refractivity contribution < 1.29 is 13.5 Å². The molecule has 0 saturated carbocycles. The number of aliphatic hydroxyl groups is 1.